The van der Waals surface area contributed by atoms with Crippen molar-refractivity contribution in [1.29, 1.82) is 0 Å². The Labute approximate surface area is 172 Å². The number of fused-ring (bicyclic) bond motifs is 3. The first kappa shape index (κ1) is 21.4. The van der Waals surface area contributed by atoms with E-state index in [0.29, 0.717) is 24.8 Å². The molecule has 0 aromatic heterocycles. The number of hydrogen-bond acceptors (Lipinski definition) is 6. The molecule has 1 fully saturated rings. The molecule has 1 aliphatic heterocycles. The minimum absolute atomic E-state index is 0.0871. The molecule has 6 nitrogen and oxygen atoms in total. The zero-order valence-electron chi connectivity index (χ0n) is 17.1. The lowest BCUT2D eigenvalue weighted by molar-refractivity contribution is -0.0801. The Morgan fingerprint density at radius 3 is 2.66 bits per heavy atom. The van der Waals surface area contributed by atoms with Gasteiger partial charge >= 0.3 is 0 Å². The molecule has 6 heteroatoms. The third-order valence-electron chi connectivity index (χ3n) is 5.62. The van der Waals surface area contributed by atoms with Gasteiger partial charge in [-0.1, -0.05) is 19.1 Å². The van der Waals surface area contributed by atoms with Gasteiger partial charge in [-0.05, 0) is 79.7 Å². The predicted octanol–water partition coefficient (Wildman–Crippen LogP) is 3.09. The summed E-state index contributed by atoms with van der Waals surface area (Å²) in [4.78, 5) is 2.56. The van der Waals surface area contributed by atoms with Crippen molar-refractivity contribution in [1.82, 2.24) is 4.90 Å². The van der Waals surface area contributed by atoms with Gasteiger partial charge in [-0.25, -0.2) is 0 Å². The standard InChI is InChI=1S/C15H21NO2.C8H11NO2/c1-2-7-16-8-9-18-15-13-10-12(17)5-3-11(13)4-6-14(15)16;9-4-3-6-1-2-7(10)8(11)5-6/h3,5,10,14-15,17H,2,4,6-9H2,1H3;1-2,5,10-11H,3-4,9H2/t14-,15-;/m1./s1. The molecule has 2 aromatic carbocycles. The molecule has 0 amide bonds. The molecule has 2 atom stereocenters. The maximum absolute atomic E-state index is 9.68. The van der Waals surface area contributed by atoms with Crippen LogP contribution in [-0.4, -0.2) is 52.5 Å². The Bertz CT molecular complexity index is 809. The molecular weight excluding hydrogens is 368 g/mol. The van der Waals surface area contributed by atoms with Crippen molar-refractivity contribution in [3.8, 4) is 17.2 Å². The van der Waals surface area contributed by atoms with E-state index in [-0.39, 0.29) is 17.6 Å². The van der Waals surface area contributed by atoms with Crippen LogP contribution in [0.5, 0.6) is 17.2 Å². The van der Waals surface area contributed by atoms with Gasteiger partial charge in [-0.2, -0.15) is 0 Å². The molecule has 0 radical (unpaired) electrons. The summed E-state index contributed by atoms with van der Waals surface area (Å²) >= 11 is 0. The van der Waals surface area contributed by atoms with E-state index in [1.807, 2.05) is 12.1 Å². The zero-order valence-corrected chi connectivity index (χ0v) is 17.1. The number of morpholine rings is 1. The first-order chi connectivity index (χ1) is 14.0. The second-order valence-corrected chi connectivity index (χ2v) is 7.68. The third-order valence-corrected chi connectivity index (χ3v) is 5.62. The molecule has 29 heavy (non-hydrogen) atoms. The number of nitrogens with two attached hydrogens (primary N) is 1. The van der Waals surface area contributed by atoms with E-state index in [0.717, 1.165) is 31.7 Å². The fourth-order valence-electron chi connectivity index (χ4n) is 4.23. The van der Waals surface area contributed by atoms with Crippen LogP contribution in [0.3, 0.4) is 0 Å². The highest BCUT2D eigenvalue weighted by Crippen LogP contribution is 2.39. The van der Waals surface area contributed by atoms with Crippen LogP contribution in [0.1, 0.15) is 42.6 Å². The number of phenols is 3. The van der Waals surface area contributed by atoms with E-state index in [1.54, 1.807) is 12.1 Å². The second kappa shape index (κ2) is 9.96. The molecule has 2 aliphatic rings. The van der Waals surface area contributed by atoms with Gasteiger partial charge in [0, 0.05) is 12.6 Å². The van der Waals surface area contributed by atoms with E-state index in [4.69, 9.17) is 20.7 Å². The summed E-state index contributed by atoms with van der Waals surface area (Å²) < 4.78 is 5.99. The molecule has 5 N–H and O–H groups in total. The van der Waals surface area contributed by atoms with Crippen LogP contribution in [0, 0.1) is 0 Å². The Morgan fingerprint density at radius 1 is 1.10 bits per heavy atom. The summed E-state index contributed by atoms with van der Waals surface area (Å²) in [5, 5.41) is 27.6. The lowest BCUT2D eigenvalue weighted by atomic mass is 9.84. The number of benzene rings is 2. The van der Waals surface area contributed by atoms with Gasteiger partial charge in [0.2, 0.25) is 0 Å². The highest BCUT2D eigenvalue weighted by atomic mass is 16.5. The molecule has 158 valence electrons. The summed E-state index contributed by atoms with van der Waals surface area (Å²) in [6, 6.07) is 10.9. The number of aryl methyl sites for hydroxylation is 1. The number of phenolic OH excluding ortho intramolecular Hbond substituents is 3. The van der Waals surface area contributed by atoms with Crippen molar-refractivity contribution in [3.63, 3.8) is 0 Å². The van der Waals surface area contributed by atoms with Crippen LogP contribution in [0.15, 0.2) is 36.4 Å². The van der Waals surface area contributed by atoms with Crippen LogP contribution >= 0.6 is 0 Å². The van der Waals surface area contributed by atoms with Gasteiger partial charge in [0.15, 0.2) is 11.5 Å². The number of rotatable bonds is 4. The second-order valence-electron chi connectivity index (χ2n) is 7.68. The minimum Gasteiger partial charge on any atom is -0.508 e. The van der Waals surface area contributed by atoms with E-state index in [2.05, 4.69) is 11.8 Å². The van der Waals surface area contributed by atoms with Crippen molar-refractivity contribution in [2.75, 3.05) is 26.2 Å². The summed E-state index contributed by atoms with van der Waals surface area (Å²) in [6.45, 7) is 5.77. The summed E-state index contributed by atoms with van der Waals surface area (Å²) in [7, 11) is 0. The maximum Gasteiger partial charge on any atom is 0.157 e. The first-order valence-electron chi connectivity index (χ1n) is 10.4. The van der Waals surface area contributed by atoms with Gasteiger partial charge in [0.25, 0.3) is 0 Å². The minimum atomic E-state index is -0.0919. The highest BCUT2D eigenvalue weighted by Gasteiger charge is 2.36. The van der Waals surface area contributed by atoms with Crippen LogP contribution in [0.2, 0.25) is 0 Å². The highest BCUT2D eigenvalue weighted by molar-refractivity contribution is 5.41. The van der Waals surface area contributed by atoms with Crippen molar-refractivity contribution >= 4 is 0 Å². The van der Waals surface area contributed by atoms with E-state index in [1.165, 1.54) is 36.1 Å². The average Bonchev–Trinajstić information content (AvgIpc) is 2.72. The molecule has 2 aromatic rings. The Balaban J connectivity index is 0.000000188. The molecular formula is C23H32N2O4. The fourth-order valence-corrected chi connectivity index (χ4v) is 4.23. The Hall–Kier alpha value is -2.28. The first-order valence-corrected chi connectivity index (χ1v) is 10.4. The van der Waals surface area contributed by atoms with Crippen molar-refractivity contribution < 1.29 is 20.1 Å². The normalized spacial score (nSPS) is 20.9. The quantitative estimate of drug-likeness (QED) is 0.589. The zero-order chi connectivity index (χ0) is 20.8. The molecule has 1 aliphatic carbocycles. The largest absolute Gasteiger partial charge is 0.508 e. The van der Waals surface area contributed by atoms with Gasteiger partial charge in [-0.3, -0.25) is 4.90 Å². The number of ether oxygens (including phenoxy) is 1. The Morgan fingerprint density at radius 2 is 1.93 bits per heavy atom. The van der Waals surface area contributed by atoms with Gasteiger partial charge in [0.1, 0.15) is 5.75 Å². The van der Waals surface area contributed by atoms with Gasteiger partial charge < -0.3 is 25.8 Å². The molecule has 0 bridgehead atoms. The third kappa shape index (κ3) is 5.21. The van der Waals surface area contributed by atoms with Gasteiger partial charge in [0.05, 0.1) is 12.7 Å². The molecule has 1 heterocycles. The lowest BCUT2D eigenvalue weighted by Gasteiger charge is -2.44. The molecule has 0 unspecified atom stereocenters. The van der Waals surface area contributed by atoms with E-state index < -0.39 is 0 Å². The van der Waals surface area contributed by atoms with Crippen molar-refractivity contribution in [2.45, 2.75) is 44.8 Å². The number of nitrogens with zero attached hydrogens (tertiary/aromatic N) is 1. The molecule has 1 saturated heterocycles. The maximum atomic E-state index is 9.68. The van der Waals surface area contributed by atoms with E-state index in [9.17, 15) is 5.11 Å². The van der Waals surface area contributed by atoms with E-state index >= 15 is 0 Å². The Kier molecular flexibility index (Phi) is 7.36. The van der Waals surface area contributed by atoms with Crippen molar-refractivity contribution in [2.24, 2.45) is 5.73 Å². The fraction of sp³-hybridized carbons (Fsp3) is 0.478. The summed E-state index contributed by atoms with van der Waals surface area (Å²) in [5.74, 6) is 0.173. The van der Waals surface area contributed by atoms with Crippen LogP contribution in [0.25, 0.3) is 0 Å². The lowest BCUT2D eigenvalue weighted by Crippen LogP contribution is -2.49. The average molecular weight is 401 g/mol. The SMILES string of the molecule is CCCN1CCO[C@@H]2c3cc(O)ccc3CC[C@H]21.NCCc1ccc(O)c(O)c1. The molecule has 0 saturated carbocycles. The number of aromatic hydroxyl groups is 3. The smallest absolute Gasteiger partial charge is 0.157 e. The van der Waals surface area contributed by atoms with Crippen LogP contribution < -0.4 is 5.73 Å². The number of hydrogen-bond donors (Lipinski definition) is 4. The summed E-state index contributed by atoms with van der Waals surface area (Å²) in [5.41, 5.74) is 8.78. The predicted molar refractivity (Wildman–Crippen MR) is 113 cm³/mol. The summed E-state index contributed by atoms with van der Waals surface area (Å²) in [6.07, 6.45) is 4.33. The van der Waals surface area contributed by atoms with Crippen LogP contribution in [0.4, 0.5) is 0 Å². The van der Waals surface area contributed by atoms with Crippen LogP contribution in [-0.2, 0) is 17.6 Å². The van der Waals surface area contributed by atoms with Gasteiger partial charge in [-0.15, -0.1) is 0 Å². The molecule has 4 rings (SSSR count). The topological polar surface area (TPSA) is 99.2 Å². The molecule has 0 spiro atoms. The monoisotopic (exact) mass is 400 g/mol. The van der Waals surface area contributed by atoms with Crippen molar-refractivity contribution in [3.05, 3.63) is 53.1 Å².